The molecule has 2 heterocycles. The van der Waals surface area contributed by atoms with Gasteiger partial charge in [0.15, 0.2) is 0 Å². The molecule has 3 aromatic carbocycles. The molecule has 0 saturated carbocycles. The molecule has 34 heavy (non-hydrogen) atoms. The SMILES string of the molecule is Cc1ccc(F)cc1C(=O)Nc1ccc(C(=O)N2Cn3cccc3Cc3ccccc32)c(Cl)c1. The smallest absolute Gasteiger partial charge is 0.261 e. The van der Waals surface area contributed by atoms with Gasteiger partial charge in [0.25, 0.3) is 11.8 Å². The Kier molecular flexibility index (Phi) is 5.67. The zero-order valence-electron chi connectivity index (χ0n) is 18.4. The molecule has 1 aliphatic rings. The number of carbonyl (C=O) groups is 2. The highest BCUT2D eigenvalue weighted by Crippen LogP contribution is 2.31. The van der Waals surface area contributed by atoms with Crippen LogP contribution in [0.15, 0.2) is 79.0 Å². The first-order valence-corrected chi connectivity index (χ1v) is 11.2. The van der Waals surface area contributed by atoms with Crippen LogP contribution in [-0.2, 0) is 13.1 Å². The summed E-state index contributed by atoms with van der Waals surface area (Å²) < 4.78 is 15.6. The number of halogens is 2. The molecule has 2 amide bonds. The van der Waals surface area contributed by atoms with Crippen LogP contribution in [-0.4, -0.2) is 16.4 Å². The molecular weight excluding hydrogens is 453 g/mol. The first kappa shape index (κ1) is 21.9. The van der Waals surface area contributed by atoms with Crippen LogP contribution < -0.4 is 10.2 Å². The molecule has 1 N–H and O–H groups in total. The van der Waals surface area contributed by atoms with Gasteiger partial charge in [0, 0.05) is 35.2 Å². The van der Waals surface area contributed by atoms with E-state index in [1.807, 2.05) is 41.1 Å². The number of rotatable bonds is 3. The molecule has 7 heteroatoms. The van der Waals surface area contributed by atoms with Gasteiger partial charge in [0.05, 0.1) is 10.6 Å². The van der Waals surface area contributed by atoms with Crippen LogP contribution in [0.5, 0.6) is 0 Å². The van der Waals surface area contributed by atoms with Crippen molar-refractivity contribution in [1.82, 2.24) is 4.57 Å². The third kappa shape index (κ3) is 4.08. The molecule has 5 nitrogen and oxygen atoms in total. The Morgan fingerprint density at radius 3 is 2.62 bits per heavy atom. The number of aromatic nitrogens is 1. The van der Waals surface area contributed by atoms with Crippen LogP contribution in [0, 0.1) is 12.7 Å². The minimum Gasteiger partial charge on any atom is -0.333 e. The number of nitrogens with zero attached hydrogens (tertiary/aromatic N) is 2. The quantitative estimate of drug-likeness (QED) is 0.394. The average molecular weight is 474 g/mol. The second-order valence-corrected chi connectivity index (χ2v) is 8.66. The summed E-state index contributed by atoms with van der Waals surface area (Å²) in [4.78, 5) is 27.9. The van der Waals surface area contributed by atoms with E-state index in [1.54, 1.807) is 30.0 Å². The molecule has 1 aliphatic heterocycles. The summed E-state index contributed by atoms with van der Waals surface area (Å²) in [5, 5.41) is 2.94. The molecule has 0 radical (unpaired) electrons. The molecular formula is C27H21ClFN3O2. The molecule has 0 unspecified atom stereocenters. The maximum atomic E-state index is 13.6. The van der Waals surface area contributed by atoms with Crippen LogP contribution in [0.2, 0.25) is 5.02 Å². The topological polar surface area (TPSA) is 54.3 Å². The highest BCUT2D eigenvalue weighted by molar-refractivity contribution is 6.35. The maximum absolute atomic E-state index is 13.6. The zero-order chi connectivity index (χ0) is 23.8. The van der Waals surface area contributed by atoms with E-state index in [0.717, 1.165) is 23.4 Å². The van der Waals surface area contributed by atoms with E-state index in [2.05, 4.69) is 11.4 Å². The van der Waals surface area contributed by atoms with Gasteiger partial charge in [-0.05, 0) is 66.6 Å². The molecule has 0 fully saturated rings. The minimum absolute atomic E-state index is 0.216. The van der Waals surface area contributed by atoms with E-state index >= 15 is 0 Å². The van der Waals surface area contributed by atoms with Crippen molar-refractivity contribution in [3.63, 3.8) is 0 Å². The van der Waals surface area contributed by atoms with Crippen molar-refractivity contribution in [3.05, 3.63) is 118 Å². The predicted molar refractivity (Wildman–Crippen MR) is 131 cm³/mol. The summed E-state index contributed by atoms with van der Waals surface area (Å²) >= 11 is 6.51. The molecule has 5 rings (SSSR count). The summed E-state index contributed by atoms with van der Waals surface area (Å²) in [7, 11) is 0. The van der Waals surface area contributed by atoms with Crippen LogP contribution >= 0.6 is 11.6 Å². The molecule has 170 valence electrons. The molecule has 0 saturated heterocycles. The molecule has 0 bridgehead atoms. The largest absolute Gasteiger partial charge is 0.333 e. The Hall–Kier alpha value is -3.90. The van der Waals surface area contributed by atoms with Gasteiger partial charge in [-0.1, -0.05) is 35.9 Å². The number of anilines is 2. The third-order valence-electron chi connectivity index (χ3n) is 6.02. The minimum atomic E-state index is -0.488. The molecule has 0 aliphatic carbocycles. The molecule has 1 aromatic heterocycles. The van der Waals surface area contributed by atoms with Crippen molar-refractivity contribution in [3.8, 4) is 0 Å². The van der Waals surface area contributed by atoms with Gasteiger partial charge < -0.3 is 9.88 Å². The summed E-state index contributed by atoms with van der Waals surface area (Å²) in [6.45, 7) is 2.10. The van der Waals surface area contributed by atoms with Gasteiger partial charge >= 0.3 is 0 Å². The monoisotopic (exact) mass is 473 g/mol. The van der Waals surface area contributed by atoms with Gasteiger partial charge in [-0.25, -0.2) is 4.39 Å². The van der Waals surface area contributed by atoms with Gasteiger partial charge in [-0.3, -0.25) is 14.5 Å². The van der Waals surface area contributed by atoms with Crippen LogP contribution in [0.1, 0.15) is 37.5 Å². The number of hydrogen-bond donors (Lipinski definition) is 1. The number of nitrogens with one attached hydrogen (secondary N) is 1. The summed E-state index contributed by atoms with van der Waals surface area (Å²) in [6, 6.07) is 20.7. The van der Waals surface area contributed by atoms with Crippen LogP contribution in [0.3, 0.4) is 0 Å². The zero-order valence-corrected chi connectivity index (χ0v) is 19.1. The van der Waals surface area contributed by atoms with E-state index in [9.17, 15) is 14.0 Å². The normalized spacial score (nSPS) is 12.5. The lowest BCUT2D eigenvalue weighted by Gasteiger charge is -2.24. The molecule has 0 atom stereocenters. The lowest BCUT2D eigenvalue weighted by molar-refractivity contribution is 0.0979. The first-order chi connectivity index (χ1) is 16.4. The third-order valence-corrected chi connectivity index (χ3v) is 6.33. The van der Waals surface area contributed by atoms with E-state index in [4.69, 9.17) is 11.6 Å². The van der Waals surface area contributed by atoms with E-state index in [-0.39, 0.29) is 16.5 Å². The fourth-order valence-corrected chi connectivity index (χ4v) is 4.48. The van der Waals surface area contributed by atoms with Crippen molar-refractivity contribution >= 4 is 34.8 Å². The number of amides is 2. The van der Waals surface area contributed by atoms with E-state index in [0.29, 0.717) is 23.5 Å². The van der Waals surface area contributed by atoms with Gasteiger partial charge in [0.1, 0.15) is 12.5 Å². The number of hydrogen-bond acceptors (Lipinski definition) is 2. The number of carbonyl (C=O) groups excluding carboxylic acids is 2. The Bertz CT molecular complexity index is 1430. The Labute approximate surface area is 201 Å². The number of fused-ring (bicyclic) bond motifs is 2. The van der Waals surface area contributed by atoms with Gasteiger partial charge in [0.2, 0.25) is 0 Å². The van der Waals surface area contributed by atoms with E-state index in [1.165, 1.54) is 18.2 Å². The average Bonchev–Trinajstić information content (AvgIpc) is 3.19. The number of aryl methyl sites for hydroxylation is 1. The number of para-hydroxylation sites is 1. The van der Waals surface area contributed by atoms with Crippen molar-refractivity contribution in [2.45, 2.75) is 20.0 Å². The lowest BCUT2D eigenvalue weighted by Crippen LogP contribution is -2.32. The highest BCUT2D eigenvalue weighted by Gasteiger charge is 2.26. The van der Waals surface area contributed by atoms with Crippen molar-refractivity contribution in [2.75, 3.05) is 10.2 Å². The number of benzene rings is 3. The fourth-order valence-electron chi connectivity index (χ4n) is 4.22. The van der Waals surface area contributed by atoms with Crippen LogP contribution in [0.4, 0.5) is 15.8 Å². The second-order valence-electron chi connectivity index (χ2n) is 8.26. The molecule has 4 aromatic rings. The summed E-state index contributed by atoms with van der Waals surface area (Å²) in [6.07, 6.45) is 2.68. The standard InChI is InChI=1S/C27H21ClFN3O2/c1-17-8-9-19(29)14-23(17)26(33)30-20-10-11-22(24(28)15-20)27(34)32-16-31-12-4-6-21(31)13-18-5-2-3-7-25(18)32/h2-12,14-15H,13,16H2,1H3,(H,30,33). The maximum Gasteiger partial charge on any atom is 0.261 e. The lowest BCUT2D eigenvalue weighted by atomic mass is 10.1. The van der Waals surface area contributed by atoms with Gasteiger partial charge in [-0.15, -0.1) is 0 Å². The summed E-state index contributed by atoms with van der Waals surface area (Å²) in [5.74, 6) is -1.18. The fraction of sp³-hybridized carbons (Fsp3) is 0.111. The van der Waals surface area contributed by atoms with Crippen molar-refractivity contribution in [1.29, 1.82) is 0 Å². The summed E-state index contributed by atoms with van der Waals surface area (Å²) in [5.41, 5.74) is 4.65. The Morgan fingerprint density at radius 1 is 0.971 bits per heavy atom. The second kappa shape index (κ2) is 8.80. The Balaban J connectivity index is 1.43. The van der Waals surface area contributed by atoms with E-state index < -0.39 is 11.7 Å². The Morgan fingerprint density at radius 2 is 1.79 bits per heavy atom. The molecule has 0 spiro atoms. The predicted octanol–water partition coefficient (Wildman–Crippen LogP) is 6.05. The highest BCUT2D eigenvalue weighted by atomic mass is 35.5. The van der Waals surface area contributed by atoms with Crippen molar-refractivity contribution in [2.24, 2.45) is 0 Å². The first-order valence-electron chi connectivity index (χ1n) is 10.8. The van der Waals surface area contributed by atoms with Crippen LogP contribution in [0.25, 0.3) is 0 Å². The van der Waals surface area contributed by atoms with Gasteiger partial charge in [-0.2, -0.15) is 0 Å². The van der Waals surface area contributed by atoms with Crippen molar-refractivity contribution < 1.29 is 14.0 Å².